The summed E-state index contributed by atoms with van der Waals surface area (Å²) >= 11 is 2.61. The molecule has 41 heavy (non-hydrogen) atoms. The molecule has 8 nitrogen and oxygen atoms in total. The molecule has 0 saturated heterocycles. The first-order valence-electron chi connectivity index (χ1n) is 12.7. The van der Waals surface area contributed by atoms with Crippen LogP contribution in [-0.4, -0.2) is 42.7 Å². The van der Waals surface area contributed by atoms with Gasteiger partial charge in [0, 0.05) is 5.92 Å². The summed E-state index contributed by atoms with van der Waals surface area (Å²) < 4.78 is 19.2. The van der Waals surface area contributed by atoms with Gasteiger partial charge in [-0.15, -0.1) is 22.7 Å². The molecule has 2 atom stereocenters. The zero-order valence-electron chi connectivity index (χ0n) is 22.4. The van der Waals surface area contributed by atoms with Crippen molar-refractivity contribution in [2.45, 2.75) is 11.8 Å². The summed E-state index contributed by atoms with van der Waals surface area (Å²) in [7, 11) is 4.48. The van der Waals surface area contributed by atoms with Crippen LogP contribution in [-0.2, 0) is 9.53 Å². The molecule has 0 radical (unpaired) electrons. The molecule has 6 rings (SSSR count). The highest BCUT2D eigenvalue weighted by atomic mass is 32.1. The standard InChI is InChI=1S/C31H25N3O5S2/c1-37-19-10-6-8-17(14-19)15-23-29(35)34-27(32)25(28-33-21-12-4-5-13-22(21)40-28)24(18-9-7-11-20(16-18)38-2)26(30(34)41-23)31(36)39-3/h4-16,24-25,32H,1-3H3/b23-15-,32-27?. The van der Waals surface area contributed by atoms with Crippen LogP contribution in [0, 0.1) is 5.41 Å². The molecule has 1 N–H and O–H groups in total. The predicted octanol–water partition coefficient (Wildman–Crippen LogP) is 4.10. The molecule has 2 aromatic heterocycles. The van der Waals surface area contributed by atoms with E-state index in [-0.39, 0.29) is 11.4 Å². The lowest BCUT2D eigenvalue weighted by molar-refractivity contribution is -0.134. The Morgan fingerprint density at radius 3 is 2.39 bits per heavy atom. The number of aromatic nitrogens is 2. The minimum Gasteiger partial charge on any atom is -0.497 e. The van der Waals surface area contributed by atoms with Crippen molar-refractivity contribution < 1.29 is 19.0 Å². The van der Waals surface area contributed by atoms with E-state index in [9.17, 15) is 15.0 Å². The van der Waals surface area contributed by atoms with Crippen LogP contribution in [0.1, 0.15) is 28.0 Å². The summed E-state index contributed by atoms with van der Waals surface area (Å²) in [6.45, 7) is 0. The largest absolute Gasteiger partial charge is 0.497 e. The minimum absolute atomic E-state index is 0.0473. The second-order valence-electron chi connectivity index (χ2n) is 9.38. The third kappa shape index (κ3) is 4.64. The van der Waals surface area contributed by atoms with Crippen LogP contribution in [0.4, 0.5) is 0 Å². The predicted molar refractivity (Wildman–Crippen MR) is 161 cm³/mol. The highest BCUT2D eigenvalue weighted by Crippen LogP contribution is 2.44. The normalized spacial score (nSPS) is 17.0. The number of hydrogen-bond donors (Lipinski definition) is 1. The van der Waals surface area contributed by atoms with Crippen molar-refractivity contribution in [3.63, 3.8) is 0 Å². The Hall–Kier alpha value is -4.54. The van der Waals surface area contributed by atoms with E-state index in [0.717, 1.165) is 32.7 Å². The van der Waals surface area contributed by atoms with Crippen LogP contribution in [0.25, 0.3) is 21.9 Å². The molecule has 0 spiro atoms. The van der Waals surface area contributed by atoms with E-state index in [0.29, 0.717) is 31.3 Å². The number of para-hydroxylation sites is 1. The number of hydrogen-bond acceptors (Lipinski definition) is 9. The highest BCUT2D eigenvalue weighted by molar-refractivity contribution is 7.18. The number of nitrogens with zero attached hydrogens (tertiary/aromatic N) is 2. The van der Waals surface area contributed by atoms with Gasteiger partial charge in [0.1, 0.15) is 27.0 Å². The molecular weight excluding hydrogens is 558 g/mol. The number of benzene rings is 3. The summed E-state index contributed by atoms with van der Waals surface area (Å²) in [4.78, 5) is 32.3. The first-order valence-corrected chi connectivity index (χ1v) is 14.3. The first-order chi connectivity index (χ1) is 19.9. The van der Waals surface area contributed by atoms with E-state index in [2.05, 4.69) is 0 Å². The molecular formula is C31H25N3O5S2. The van der Waals surface area contributed by atoms with Gasteiger partial charge < -0.3 is 14.2 Å². The van der Waals surface area contributed by atoms with Crippen molar-refractivity contribution >= 4 is 56.3 Å². The molecule has 5 aromatic rings. The number of esters is 1. The Labute approximate surface area is 242 Å². The van der Waals surface area contributed by atoms with Gasteiger partial charge in [-0.3, -0.25) is 14.8 Å². The third-order valence-electron chi connectivity index (χ3n) is 7.06. The number of carbonyl (C=O) groups excluding carboxylic acids is 1. The monoisotopic (exact) mass is 583 g/mol. The number of methoxy groups -OCH3 is 3. The van der Waals surface area contributed by atoms with Gasteiger partial charge >= 0.3 is 5.97 Å². The number of ether oxygens (including phenoxy) is 3. The molecule has 3 heterocycles. The van der Waals surface area contributed by atoms with Crippen LogP contribution in [0.15, 0.2) is 77.6 Å². The van der Waals surface area contributed by atoms with E-state index < -0.39 is 17.8 Å². The van der Waals surface area contributed by atoms with Crippen molar-refractivity contribution in [2.24, 2.45) is 0 Å². The maximum Gasteiger partial charge on any atom is 0.337 e. The number of nitrogens with one attached hydrogen (secondary N) is 1. The van der Waals surface area contributed by atoms with E-state index in [1.54, 1.807) is 20.3 Å². The van der Waals surface area contributed by atoms with E-state index >= 15 is 0 Å². The van der Waals surface area contributed by atoms with Crippen molar-refractivity contribution in [3.05, 3.63) is 108 Å². The molecule has 206 valence electrons. The maximum absolute atomic E-state index is 13.9. The minimum atomic E-state index is -0.724. The van der Waals surface area contributed by atoms with Crippen LogP contribution < -0.4 is 24.2 Å². The van der Waals surface area contributed by atoms with E-state index in [1.165, 1.54) is 23.0 Å². The summed E-state index contributed by atoms with van der Waals surface area (Å²) in [6.07, 6.45) is 1.75. The van der Waals surface area contributed by atoms with Gasteiger partial charge in [0.15, 0.2) is 0 Å². The molecule has 3 aromatic carbocycles. The molecule has 0 saturated carbocycles. The SMILES string of the molecule is COC(=O)C1=c2s/c(=C\c3cccc(OC)c3)c(=O)n2C(=N)C(c2nc3ccccc3s2)C1c1cccc(OC)c1. The Morgan fingerprint density at radius 1 is 0.927 bits per heavy atom. The van der Waals surface area contributed by atoms with Gasteiger partial charge in [0.2, 0.25) is 0 Å². The second kappa shape index (κ2) is 10.8. The fraction of sp³-hybridized carbons (Fsp3) is 0.161. The highest BCUT2D eigenvalue weighted by Gasteiger charge is 2.43. The van der Waals surface area contributed by atoms with Crippen molar-refractivity contribution in [2.75, 3.05) is 21.3 Å². The molecule has 0 bridgehead atoms. The fourth-order valence-electron chi connectivity index (χ4n) is 5.16. The second-order valence-corrected chi connectivity index (χ2v) is 11.5. The summed E-state index contributed by atoms with van der Waals surface area (Å²) in [5, 5.41) is 10.0. The average Bonchev–Trinajstić information content (AvgIpc) is 3.57. The maximum atomic E-state index is 13.9. The smallest absolute Gasteiger partial charge is 0.337 e. The van der Waals surface area contributed by atoms with Gasteiger partial charge in [0.25, 0.3) is 5.56 Å². The van der Waals surface area contributed by atoms with Gasteiger partial charge in [-0.05, 0) is 53.6 Å². The van der Waals surface area contributed by atoms with Gasteiger partial charge in [-0.2, -0.15) is 0 Å². The van der Waals surface area contributed by atoms with E-state index in [1.807, 2.05) is 72.8 Å². The molecule has 0 amide bonds. The molecule has 0 fully saturated rings. The Bertz CT molecular complexity index is 1970. The zero-order chi connectivity index (χ0) is 28.7. The Morgan fingerprint density at radius 2 is 1.66 bits per heavy atom. The molecule has 10 heteroatoms. The molecule has 1 aliphatic rings. The number of thiazole rings is 2. The lowest BCUT2D eigenvalue weighted by Crippen LogP contribution is -2.46. The first kappa shape index (κ1) is 26.7. The topological polar surface area (TPSA) is 104 Å². The van der Waals surface area contributed by atoms with Crippen molar-refractivity contribution in [1.82, 2.24) is 9.55 Å². The van der Waals surface area contributed by atoms with Crippen LogP contribution in [0.5, 0.6) is 11.5 Å². The molecule has 0 aliphatic carbocycles. The van der Waals surface area contributed by atoms with Gasteiger partial charge in [-0.1, -0.05) is 36.4 Å². The van der Waals surface area contributed by atoms with Crippen molar-refractivity contribution in [3.8, 4) is 11.5 Å². The molecule has 2 unspecified atom stereocenters. The average molecular weight is 584 g/mol. The van der Waals surface area contributed by atoms with Gasteiger partial charge in [-0.25, -0.2) is 9.78 Å². The molecule has 1 aliphatic heterocycles. The van der Waals surface area contributed by atoms with E-state index in [4.69, 9.17) is 19.2 Å². The Kier molecular flexibility index (Phi) is 7.02. The van der Waals surface area contributed by atoms with Crippen LogP contribution >= 0.6 is 22.7 Å². The van der Waals surface area contributed by atoms with Crippen molar-refractivity contribution in [1.29, 1.82) is 5.41 Å². The fourth-order valence-corrected chi connectivity index (χ4v) is 7.45. The number of carbonyl (C=O) groups is 1. The quantitative estimate of drug-likeness (QED) is 0.302. The van der Waals surface area contributed by atoms with Crippen LogP contribution in [0.2, 0.25) is 0 Å². The summed E-state index contributed by atoms with van der Waals surface area (Å²) in [6, 6.07) is 22.5. The third-order valence-corrected chi connectivity index (χ3v) is 9.29. The number of fused-ring (bicyclic) bond motifs is 2. The zero-order valence-corrected chi connectivity index (χ0v) is 24.0. The summed E-state index contributed by atoms with van der Waals surface area (Å²) in [5.41, 5.74) is 2.23. The number of rotatable bonds is 6. The summed E-state index contributed by atoms with van der Waals surface area (Å²) in [5.74, 6) is -0.622. The lowest BCUT2D eigenvalue weighted by atomic mass is 9.78. The Balaban J connectivity index is 1.68. The van der Waals surface area contributed by atoms with Crippen LogP contribution in [0.3, 0.4) is 0 Å². The van der Waals surface area contributed by atoms with Gasteiger partial charge in [0.05, 0.1) is 47.6 Å². The lowest BCUT2D eigenvalue weighted by Gasteiger charge is -2.31.